The SMILES string of the molecule is O=C(O)c1cccc(C[CH]Cc2cccc(-c3[c-]cccc3)n2)n1.[Ir]. The van der Waals surface area contributed by atoms with E-state index in [4.69, 9.17) is 5.11 Å². The third-order valence-corrected chi connectivity index (χ3v) is 3.52. The molecule has 0 spiro atoms. The molecule has 0 aliphatic carbocycles. The van der Waals surface area contributed by atoms with E-state index in [2.05, 4.69) is 22.5 Å². The van der Waals surface area contributed by atoms with Crippen molar-refractivity contribution in [3.8, 4) is 11.3 Å². The van der Waals surface area contributed by atoms with Crippen LogP contribution in [0, 0.1) is 12.5 Å². The first kappa shape index (κ1) is 19.0. The number of carboxylic acid groups (broad SMARTS) is 1. The Kier molecular flexibility index (Phi) is 6.99. The van der Waals surface area contributed by atoms with Crippen molar-refractivity contribution < 1.29 is 30.0 Å². The summed E-state index contributed by atoms with van der Waals surface area (Å²) in [6.07, 6.45) is 3.35. The number of carbonyl (C=O) groups is 1. The van der Waals surface area contributed by atoms with Gasteiger partial charge in [-0.2, -0.15) is 0 Å². The fourth-order valence-corrected chi connectivity index (χ4v) is 2.38. The zero-order valence-electron chi connectivity index (χ0n) is 13.3. The zero-order chi connectivity index (χ0) is 16.8. The van der Waals surface area contributed by atoms with Crippen LogP contribution in [0.5, 0.6) is 0 Å². The second-order valence-electron chi connectivity index (χ2n) is 5.31. The van der Waals surface area contributed by atoms with E-state index in [1.807, 2.05) is 48.5 Å². The Morgan fingerprint density at radius 3 is 2.36 bits per heavy atom. The van der Waals surface area contributed by atoms with E-state index in [1.54, 1.807) is 6.07 Å². The Bertz CT molecular complexity index is 838. The number of benzene rings is 1. The van der Waals surface area contributed by atoms with Gasteiger partial charge in [-0.3, -0.25) is 0 Å². The molecule has 0 amide bonds. The van der Waals surface area contributed by atoms with Crippen molar-refractivity contribution in [1.82, 2.24) is 9.97 Å². The summed E-state index contributed by atoms with van der Waals surface area (Å²) in [6.45, 7) is 0. The van der Waals surface area contributed by atoms with Gasteiger partial charge < -0.3 is 10.1 Å². The van der Waals surface area contributed by atoms with Gasteiger partial charge >= 0.3 is 5.97 Å². The summed E-state index contributed by atoms with van der Waals surface area (Å²) in [5, 5.41) is 8.97. The minimum absolute atomic E-state index is 0. The maximum atomic E-state index is 10.9. The molecule has 25 heavy (non-hydrogen) atoms. The van der Waals surface area contributed by atoms with Crippen molar-refractivity contribution in [2.75, 3.05) is 0 Å². The molecule has 0 atom stereocenters. The van der Waals surface area contributed by atoms with Gasteiger partial charge in [-0.05, 0) is 43.2 Å². The van der Waals surface area contributed by atoms with E-state index in [0.29, 0.717) is 12.8 Å². The van der Waals surface area contributed by atoms with Crippen LogP contribution in [-0.2, 0) is 32.9 Å². The van der Waals surface area contributed by atoms with Crippen molar-refractivity contribution in [3.63, 3.8) is 0 Å². The summed E-state index contributed by atoms with van der Waals surface area (Å²) >= 11 is 0. The van der Waals surface area contributed by atoms with Crippen LogP contribution in [0.2, 0.25) is 0 Å². The van der Waals surface area contributed by atoms with Crippen LogP contribution >= 0.6 is 0 Å². The molecule has 3 rings (SSSR count). The van der Waals surface area contributed by atoms with Crippen LogP contribution in [0.15, 0.2) is 60.7 Å². The molecule has 0 saturated carbocycles. The summed E-state index contributed by atoms with van der Waals surface area (Å²) in [4.78, 5) is 19.7. The van der Waals surface area contributed by atoms with Gasteiger partial charge in [-0.15, -0.1) is 35.9 Å². The van der Waals surface area contributed by atoms with Gasteiger partial charge in [0.2, 0.25) is 0 Å². The van der Waals surface area contributed by atoms with Crippen molar-refractivity contribution in [2.24, 2.45) is 0 Å². The number of nitrogens with zero attached hydrogens (tertiary/aromatic N) is 2. The summed E-state index contributed by atoms with van der Waals surface area (Å²) in [6, 6.07) is 21.9. The van der Waals surface area contributed by atoms with Gasteiger partial charge in [0, 0.05) is 31.5 Å². The van der Waals surface area contributed by atoms with E-state index >= 15 is 0 Å². The van der Waals surface area contributed by atoms with Crippen LogP contribution < -0.4 is 0 Å². The number of pyridine rings is 2. The molecule has 1 aromatic carbocycles. The Balaban J connectivity index is 0.00000225. The first-order valence-electron chi connectivity index (χ1n) is 7.66. The van der Waals surface area contributed by atoms with Crippen molar-refractivity contribution in [2.45, 2.75) is 12.8 Å². The Labute approximate surface area is 160 Å². The normalized spacial score (nSPS) is 10.1. The zero-order valence-corrected chi connectivity index (χ0v) is 15.7. The number of rotatable bonds is 6. The molecule has 4 nitrogen and oxygen atoms in total. The van der Waals surface area contributed by atoms with Crippen LogP contribution in [-0.4, -0.2) is 21.0 Å². The topological polar surface area (TPSA) is 63.1 Å². The molecule has 0 unspecified atom stereocenters. The average molecular weight is 509 g/mol. The molecule has 2 aromatic heterocycles. The quantitative estimate of drug-likeness (QED) is 0.517. The second kappa shape index (κ2) is 9.21. The first-order chi connectivity index (χ1) is 11.7. The Morgan fingerprint density at radius 2 is 1.68 bits per heavy atom. The Hall–Kier alpha value is -2.36. The predicted molar refractivity (Wildman–Crippen MR) is 91.4 cm³/mol. The third-order valence-electron chi connectivity index (χ3n) is 3.52. The fraction of sp³-hybridized carbons (Fsp3) is 0.100. The van der Waals surface area contributed by atoms with E-state index < -0.39 is 5.97 Å². The monoisotopic (exact) mass is 509 g/mol. The summed E-state index contributed by atoms with van der Waals surface area (Å²) in [5.74, 6) is -1.01. The van der Waals surface area contributed by atoms with E-state index in [-0.39, 0.29) is 25.8 Å². The maximum Gasteiger partial charge on any atom is 0.354 e. The fourth-order valence-electron chi connectivity index (χ4n) is 2.38. The molecular formula is C20H16IrN2O2-. The number of aromatic nitrogens is 2. The van der Waals surface area contributed by atoms with Gasteiger partial charge in [-0.25, -0.2) is 9.78 Å². The number of carboxylic acids is 1. The molecule has 0 saturated heterocycles. The van der Waals surface area contributed by atoms with E-state index in [9.17, 15) is 4.79 Å². The van der Waals surface area contributed by atoms with Crippen LogP contribution in [0.1, 0.15) is 21.9 Å². The third kappa shape index (κ3) is 5.31. The molecule has 0 bridgehead atoms. The first-order valence-corrected chi connectivity index (χ1v) is 7.66. The van der Waals surface area contributed by atoms with Crippen LogP contribution in [0.25, 0.3) is 11.3 Å². The molecule has 0 aliphatic rings. The average Bonchev–Trinajstić information content (AvgIpc) is 2.63. The van der Waals surface area contributed by atoms with E-state index in [1.165, 1.54) is 6.07 Å². The predicted octanol–water partition coefficient (Wildman–Crippen LogP) is 3.63. The van der Waals surface area contributed by atoms with Crippen LogP contribution in [0.3, 0.4) is 0 Å². The van der Waals surface area contributed by atoms with Gasteiger partial charge in [0.15, 0.2) is 0 Å². The molecular weight excluding hydrogens is 492 g/mol. The minimum Gasteiger partial charge on any atom is -0.477 e. The summed E-state index contributed by atoms with van der Waals surface area (Å²) < 4.78 is 0. The summed E-state index contributed by atoms with van der Waals surface area (Å²) in [5.41, 5.74) is 3.63. The molecule has 3 aromatic rings. The molecule has 2 heterocycles. The van der Waals surface area contributed by atoms with Crippen molar-refractivity contribution in [1.29, 1.82) is 0 Å². The Morgan fingerprint density at radius 1 is 0.960 bits per heavy atom. The molecule has 128 valence electrons. The number of aromatic carboxylic acids is 1. The molecule has 2 radical (unpaired) electrons. The van der Waals surface area contributed by atoms with Crippen LogP contribution in [0.4, 0.5) is 0 Å². The van der Waals surface area contributed by atoms with Gasteiger partial charge in [0.1, 0.15) is 5.69 Å². The second-order valence-corrected chi connectivity index (χ2v) is 5.31. The molecule has 1 N–H and O–H groups in total. The number of hydrogen-bond donors (Lipinski definition) is 1. The van der Waals surface area contributed by atoms with Crippen molar-refractivity contribution in [3.05, 3.63) is 90.2 Å². The van der Waals surface area contributed by atoms with Gasteiger partial charge in [0.25, 0.3) is 0 Å². The number of hydrogen-bond acceptors (Lipinski definition) is 3. The van der Waals surface area contributed by atoms with Gasteiger partial charge in [0.05, 0.1) is 0 Å². The molecule has 0 aliphatic heterocycles. The molecule has 0 fully saturated rings. The molecule has 5 heteroatoms. The standard InChI is InChI=1S/C20H16N2O2.Ir/c23-20(24)19-14-6-12-17(22-19)10-4-9-16-11-5-13-18(21-16)15-7-2-1-3-8-15;/h1-7,11-14H,9-10H2,(H,23,24);/q-1;. The summed E-state index contributed by atoms with van der Waals surface area (Å²) in [7, 11) is 0. The van der Waals surface area contributed by atoms with Gasteiger partial charge in [-0.1, -0.05) is 18.2 Å². The van der Waals surface area contributed by atoms with E-state index in [0.717, 1.165) is 22.6 Å². The van der Waals surface area contributed by atoms with Crippen molar-refractivity contribution >= 4 is 5.97 Å². The minimum atomic E-state index is -1.01. The largest absolute Gasteiger partial charge is 0.477 e. The maximum absolute atomic E-state index is 10.9. The smallest absolute Gasteiger partial charge is 0.354 e.